The molecule has 2 aromatic rings. The first-order valence-corrected chi connectivity index (χ1v) is 8.84. The fourth-order valence-corrected chi connectivity index (χ4v) is 4.08. The van der Waals surface area contributed by atoms with E-state index < -0.39 is 10.0 Å². The van der Waals surface area contributed by atoms with E-state index in [-0.39, 0.29) is 10.9 Å². The summed E-state index contributed by atoms with van der Waals surface area (Å²) in [7, 11) is -3.61. The predicted molar refractivity (Wildman–Crippen MR) is 84.8 cm³/mol. The second-order valence-corrected chi connectivity index (χ2v) is 7.69. The van der Waals surface area contributed by atoms with E-state index in [1.807, 2.05) is 24.3 Å². The summed E-state index contributed by atoms with van der Waals surface area (Å²) in [5.41, 5.74) is 0.874. The molecule has 7 heteroatoms. The van der Waals surface area contributed by atoms with E-state index in [4.69, 9.17) is 0 Å². The average Bonchev–Trinajstić information content (AvgIpc) is 2.38. The van der Waals surface area contributed by atoms with Gasteiger partial charge in [0.25, 0.3) is 0 Å². The number of rotatable bonds is 4. The largest absolute Gasteiger partial charge is 0.262 e. The Bertz CT molecular complexity index is 720. The first kappa shape index (κ1) is 15.6. The molecule has 2 rings (SSSR count). The van der Waals surface area contributed by atoms with Crippen molar-refractivity contribution in [3.63, 3.8) is 0 Å². The third-order valence-electron chi connectivity index (χ3n) is 2.69. The lowest BCUT2D eigenvalue weighted by Crippen LogP contribution is -2.27. The number of halogens is 2. The second-order valence-electron chi connectivity index (χ2n) is 4.20. The number of benzene rings is 1. The molecule has 1 N–H and O–H groups in total. The van der Waals surface area contributed by atoms with Crippen molar-refractivity contribution in [3.05, 3.63) is 57.2 Å². The van der Waals surface area contributed by atoms with Crippen molar-refractivity contribution in [2.75, 3.05) is 0 Å². The molecule has 1 unspecified atom stereocenters. The van der Waals surface area contributed by atoms with Crippen LogP contribution in [-0.2, 0) is 10.0 Å². The highest BCUT2D eigenvalue weighted by molar-refractivity contribution is 9.10. The molecular weight excluding hydrogens is 408 g/mol. The quantitative estimate of drug-likeness (QED) is 0.822. The molecule has 1 aromatic heterocycles. The van der Waals surface area contributed by atoms with Gasteiger partial charge in [-0.05, 0) is 40.5 Å². The maximum Gasteiger partial charge on any atom is 0.242 e. The molecule has 0 aliphatic rings. The second kappa shape index (κ2) is 6.34. The number of hydrogen-bond acceptors (Lipinski definition) is 3. The molecule has 0 bridgehead atoms. The fourth-order valence-electron chi connectivity index (χ4n) is 1.73. The van der Waals surface area contributed by atoms with Gasteiger partial charge in [0, 0.05) is 27.4 Å². The van der Waals surface area contributed by atoms with E-state index in [1.165, 1.54) is 18.5 Å². The summed E-state index contributed by atoms with van der Waals surface area (Å²) in [5, 5.41) is 0. The first-order chi connectivity index (χ1) is 9.40. The highest BCUT2D eigenvalue weighted by Gasteiger charge is 2.20. The van der Waals surface area contributed by atoms with Gasteiger partial charge in [0.2, 0.25) is 10.0 Å². The Kier molecular flexibility index (Phi) is 4.95. The lowest BCUT2D eigenvalue weighted by Gasteiger charge is -2.16. The molecule has 0 spiro atoms. The maximum atomic E-state index is 12.3. The highest BCUT2D eigenvalue weighted by Crippen LogP contribution is 2.24. The van der Waals surface area contributed by atoms with Crippen LogP contribution in [-0.4, -0.2) is 13.4 Å². The third kappa shape index (κ3) is 3.66. The minimum atomic E-state index is -3.61. The van der Waals surface area contributed by atoms with Gasteiger partial charge in [-0.1, -0.05) is 34.1 Å². The summed E-state index contributed by atoms with van der Waals surface area (Å²) < 4.78 is 28.7. The van der Waals surface area contributed by atoms with E-state index in [0.717, 1.165) is 10.0 Å². The normalized spacial score (nSPS) is 13.2. The molecule has 0 saturated carbocycles. The Morgan fingerprint density at radius 3 is 2.55 bits per heavy atom. The van der Waals surface area contributed by atoms with E-state index in [1.54, 1.807) is 6.92 Å². The van der Waals surface area contributed by atoms with Crippen LogP contribution in [0.2, 0.25) is 0 Å². The van der Waals surface area contributed by atoms with Gasteiger partial charge in [0.05, 0.1) is 0 Å². The average molecular weight is 420 g/mol. The van der Waals surface area contributed by atoms with Crippen molar-refractivity contribution >= 4 is 41.9 Å². The standard InChI is InChI=1S/C13H12Br2N2O2S/c1-9(12-4-2-3-5-13(12)15)17-20(18,19)11-6-10(14)7-16-8-11/h2-9,17H,1H3. The summed E-state index contributed by atoms with van der Waals surface area (Å²) in [6.07, 6.45) is 2.86. The minimum Gasteiger partial charge on any atom is -0.262 e. The van der Waals surface area contributed by atoms with Crippen LogP contribution in [0.5, 0.6) is 0 Å². The summed E-state index contributed by atoms with van der Waals surface area (Å²) in [5.74, 6) is 0. The summed E-state index contributed by atoms with van der Waals surface area (Å²) in [6.45, 7) is 1.79. The van der Waals surface area contributed by atoms with E-state index >= 15 is 0 Å². The van der Waals surface area contributed by atoms with Gasteiger partial charge in [-0.15, -0.1) is 0 Å². The zero-order chi connectivity index (χ0) is 14.8. The summed E-state index contributed by atoms with van der Waals surface area (Å²) in [4.78, 5) is 4.00. The van der Waals surface area contributed by atoms with E-state index in [0.29, 0.717) is 4.47 Å². The van der Waals surface area contributed by atoms with Crippen LogP contribution >= 0.6 is 31.9 Å². The van der Waals surface area contributed by atoms with Crippen molar-refractivity contribution in [2.24, 2.45) is 0 Å². The van der Waals surface area contributed by atoms with Gasteiger partial charge < -0.3 is 0 Å². The first-order valence-electron chi connectivity index (χ1n) is 5.77. The molecular formula is C13H12Br2N2O2S. The van der Waals surface area contributed by atoms with Crippen molar-refractivity contribution in [1.29, 1.82) is 0 Å². The van der Waals surface area contributed by atoms with Gasteiger partial charge in [-0.3, -0.25) is 4.98 Å². The molecule has 0 aliphatic heterocycles. The Morgan fingerprint density at radius 1 is 1.20 bits per heavy atom. The van der Waals surface area contributed by atoms with Gasteiger partial charge in [-0.25, -0.2) is 13.1 Å². The molecule has 0 radical (unpaired) electrons. The number of nitrogens with one attached hydrogen (secondary N) is 1. The lowest BCUT2D eigenvalue weighted by molar-refractivity contribution is 0.566. The Balaban J connectivity index is 2.27. The van der Waals surface area contributed by atoms with Gasteiger partial charge in [0.15, 0.2) is 0 Å². The number of nitrogens with zero attached hydrogens (tertiary/aromatic N) is 1. The zero-order valence-electron chi connectivity index (χ0n) is 10.5. The molecule has 4 nitrogen and oxygen atoms in total. The zero-order valence-corrected chi connectivity index (χ0v) is 14.5. The van der Waals surface area contributed by atoms with Gasteiger partial charge >= 0.3 is 0 Å². The summed E-state index contributed by atoms with van der Waals surface area (Å²) in [6, 6.07) is 8.66. The SMILES string of the molecule is CC(NS(=O)(=O)c1cncc(Br)c1)c1ccccc1Br. The number of hydrogen-bond donors (Lipinski definition) is 1. The summed E-state index contributed by atoms with van der Waals surface area (Å²) >= 11 is 6.63. The molecule has 0 saturated heterocycles. The minimum absolute atomic E-state index is 0.130. The molecule has 0 aliphatic carbocycles. The van der Waals surface area contributed by atoms with Crippen molar-refractivity contribution in [1.82, 2.24) is 9.71 Å². The molecule has 1 heterocycles. The van der Waals surface area contributed by atoms with Crippen LogP contribution in [0.3, 0.4) is 0 Å². The van der Waals surface area contributed by atoms with Crippen LogP contribution < -0.4 is 4.72 Å². The van der Waals surface area contributed by atoms with Crippen LogP contribution in [0.15, 0.2) is 56.6 Å². The topological polar surface area (TPSA) is 59.1 Å². The number of sulfonamides is 1. The molecule has 0 fully saturated rings. The van der Waals surface area contributed by atoms with Crippen molar-refractivity contribution in [3.8, 4) is 0 Å². The Morgan fingerprint density at radius 2 is 1.90 bits per heavy atom. The molecule has 1 aromatic carbocycles. The predicted octanol–water partition coefficient (Wildman–Crippen LogP) is 3.65. The Hall–Kier alpha value is -0.760. The van der Waals surface area contributed by atoms with Crippen LogP contribution in [0, 0.1) is 0 Å². The smallest absolute Gasteiger partial charge is 0.242 e. The van der Waals surface area contributed by atoms with Crippen LogP contribution in [0.4, 0.5) is 0 Å². The van der Waals surface area contributed by atoms with Gasteiger partial charge in [0.1, 0.15) is 4.90 Å². The molecule has 20 heavy (non-hydrogen) atoms. The van der Waals surface area contributed by atoms with E-state index in [9.17, 15) is 8.42 Å². The third-order valence-corrected chi connectivity index (χ3v) is 5.36. The lowest BCUT2D eigenvalue weighted by atomic mass is 10.1. The fraction of sp³-hybridized carbons (Fsp3) is 0.154. The maximum absolute atomic E-state index is 12.3. The number of pyridine rings is 1. The van der Waals surface area contributed by atoms with Gasteiger partial charge in [-0.2, -0.15) is 0 Å². The van der Waals surface area contributed by atoms with Crippen LogP contribution in [0.25, 0.3) is 0 Å². The van der Waals surface area contributed by atoms with Crippen molar-refractivity contribution < 1.29 is 8.42 Å². The van der Waals surface area contributed by atoms with Crippen molar-refractivity contribution in [2.45, 2.75) is 17.9 Å². The molecule has 0 amide bonds. The number of aromatic nitrogens is 1. The highest BCUT2D eigenvalue weighted by atomic mass is 79.9. The van der Waals surface area contributed by atoms with E-state index in [2.05, 4.69) is 41.6 Å². The monoisotopic (exact) mass is 418 g/mol. The Labute approximate surface area is 134 Å². The molecule has 1 atom stereocenters. The molecule has 106 valence electrons. The van der Waals surface area contributed by atoms with Crippen LogP contribution in [0.1, 0.15) is 18.5 Å².